The average Bonchev–Trinajstić information content (AvgIpc) is 3.62. The molecule has 1 aliphatic rings. The normalized spacial score (nSPS) is 13.8. The van der Waals surface area contributed by atoms with Gasteiger partial charge in [0.2, 0.25) is 5.88 Å². The summed E-state index contributed by atoms with van der Waals surface area (Å²) in [5, 5.41) is 2.65. The van der Waals surface area contributed by atoms with Crippen LogP contribution in [0.15, 0.2) is 77.6 Å². The maximum Gasteiger partial charge on any atom is 0.417 e. The maximum absolute atomic E-state index is 14.0. The molecule has 33 heavy (non-hydrogen) atoms. The molecule has 0 saturated heterocycles. The summed E-state index contributed by atoms with van der Waals surface area (Å²) in [6, 6.07) is 19.9. The van der Waals surface area contributed by atoms with E-state index in [4.69, 9.17) is 4.74 Å². The van der Waals surface area contributed by atoms with E-state index in [2.05, 4.69) is 10.3 Å². The van der Waals surface area contributed by atoms with Crippen molar-refractivity contribution in [3.8, 4) is 11.6 Å². The van der Waals surface area contributed by atoms with Crippen molar-refractivity contribution in [2.75, 3.05) is 11.9 Å². The van der Waals surface area contributed by atoms with E-state index >= 15 is 0 Å². The van der Waals surface area contributed by atoms with E-state index in [1.807, 2.05) is 18.2 Å². The summed E-state index contributed by atoms with van der Waals surface area (Å²) in [4.78, 5) is 17.4. The summed E-state index contributed by atoms with van der Waals surface area (Å²) in [5.41, 5.74) is -0.713. The molecule has 4 aromatic rings. The van der Waals surface area contributed by atoms with Gasteiger partial charge in [0, 0.05) is 23.5 Å². The van der Waals surface area contributed by atoms with E-state index in [0.717, 1.165) is 18.9 Å². The number of rotatable bonds is 6. The van der Waals surface area contributed by atoms with E-state index in [9.17, 15) is 18.0 Å². The number of hydrogen-bond donors (Lipinski definition) is 1. The predicted octanol–water partition coefficient (Wildman–Crippen LogP) is 5.94. The second-order valence-corrected chi connectivity index (χ2v) is 8.01. The van der Waals surface area contributed by atoms with E-state index in [0.29, 0.717) is 29.7 Å². The standard InChI is InChI=1S/C25H20F3N3O2/c26-25(27,28)19-13-22(33-15-16-11-12-16)30-24-23(19)20(32)14-21(29-17-7-3-1-4-8-17)31(24)18-9-5-2-6-10-18/h1-10,13-14,16,29H,11-12,15H2. The number of halogens is 3. The Morgan fingerprint density at radius 2 is 1.67 bits per heavy atom. The average molecular weight is 451 g/mol. The van der Waals surface area contributed by atoms with Crippen molar-refractivity contribution in [1.82, 2.24) is 9.55 Å². The van der Waals surface area contributed by atoms with Crippen LogP contribution in [0.5, 0.6) is 5.88 Å². The number of fused-ring (bicyclic) bond motifs is 1. The molecule has 0 unspecified atom stereocenters. The Labute approximate surface area is 187 Å². The van der Waals surface area contributed by atoms with E-state index in [-0.39, 0.29) is 11.5 Å². The van der Waals surface area contributed by atoms with Crippen molar-refractivity contribution in [1.29, 1.82) is 0 Å². The van der Waals surface area contributed by atoms with Crippen molar-refractivity contribution < 1.29 is 17.9 Å². The molecule has 0 radical (unpaired) electrons. The maximum atomic E-state index is 14.0. The molecule has 1 fully saturated rings. The zero-order valence-electron chi connectivity index (χ0n) is 17.5. The summed E-state index contributed by atoms with van der Waals surface area (Å²) in [6.45, 7) is 0.299. The summed E-state index contributed by atoms with van der Waals surface area (Å²) in [6.07, 6.45) is -2.78. The predicted molar refractivity (Wildman–Crippen MR) is 120 cm³/mol. The number of anilines is 2. The number of ether oxygens (including phenoxy) is 1. The summed E-state index contributed by atoms with van der Waals surface area (Å²) >= 11 is 0. The number of hydrogen-bond acceptors (Lipinski definition) is 4. The number of alkyl halides is 3. The molecule has 1 aliphatic carbocycles. The van der Waals surface area contributed by atoms with Gasteiger partial charge in [-0.05, 0) is 43.0 Å². The van der Waals surface area contributed by atoms with E-state index < -0.39 is 22.6 Å². The Kier molecular flexibility index (Phi) is 5.28. The molecule has 168 valence electrons. The molecule has 5 rings (SSSR count). The number of nitrogens with zero attached hydrogens (tertiary/aromatic N) is 2. The molecule has 0 atom stereocenters. The van der Waals surface area contributed by atoms with Crippen LogP contribution in [0.2, 0.25) is 0 Å². The van der Waals surface area contributed by atoms with Crippen LogP contribution in [0, 0.1) is 5.92 Å². The Bertz CT molecular complexity index is 1350. The highest BCUT2D eigenvalue weighted by molar-refractivity contribution is 5.85. The topological polar surface area (TPSA) is 56.2 Å². The molecule has 5 nitrogen and oxygen atoms in total. The number of para-hydroxylation sites is 2. The molecule has 0 aliphatic heterocycles. The first-order valence-corrected chi connectivity index (χ1v) is 10.6. The minimum absolute atomic E-state index is 0.118. The van der Waals surface area contributed by atoms with Gasteiger partial charge in [0.15, 0.2) is 11.1 Å². The minimum Gasteiger partial charge on any atom is -0.477 e. The molecule has 2 aromatic heterocycles. The Morgan fingerprint density at radius 1 is 1.00 bits per heavy atom. The monoisotopic (exact) mass is 451 g/mol. The lowest BCUT2D eigenvalue weighted by molar-refractivity contribution is -0.136. The fourth-order valence-corrected chi connectivity index (χ4v) is 3.67. The third kappa shape index (κ3) is 4.41. The Hall–Kier alpha value is -3.81. The smallest absolute Gasteiger partial charge is 0.417 e. The fourth-order valence-electron chi connectivity index (χ4n) is 3.67. The van der Waals surface area contributed by atoms with Gasteiger partial charge in [-0.3, -0.25) is 9.36 Å². The lowest BCUT2D eigenvalue weighted by Gasteiger charge is -2.20. The van der Waals surface area contributed by atoms with Crippen LogP contribution in [0.25, 0.3) is 16.7 Å². The van der Waals surface area contributed by atoms with Gasteiger partial charge < -0.3 is 10.1 Å². The molecular formula is C25H20F3N3O2. The van der Waals surface area contributed by atoms with Crippen LogP contribution in [-0.4, -0.2) is 16.2 Å². The van der Waals surface area contributed by atoms with Gasteiger partial charge >= 0.3 is 6.18 Å². The van der Waals surface area contributed by atoms with Gasteiger partial charge in [-0.1, -0.05) is 36.4 Å². The molecule has 0 bridgehead atoms. The van der Waals surface area contributed by atoms with Crippen molar-refractivity contribution in [3.63, 3.8) is 0 Å². The van der Waals surface area contributed by atoms with Gasteiger partial charge in [-0.25, -0.2) is 0 Å². The molecule has 2 heterocycles. The number of pyridine rings is 2. The van der Waals surface area contributed by atoms with Crippen molar-refractivity contribution in [2.45, 2.75) is 19.0 Å². The molecule has 1 saturated carbocycles. The van der Waals surface area contributed by atoms with Crippen LogP contribution >= 0.6 is 0 Å². The first-order chi connectivity index (χ1) is 15.9. The third-order valence-electron chi connectivity index (χ3n) is 5.47. The summed E-state index contributed by atoms with van der Waals surface area (Å²) in [5.74, 6) is 0.478. The molecule has 2 aromatic carbocycles. The molecule has 8 heteroatoms. The van der Waals surface area contributed by atoms with Crippen LogP contribution in [0.3, 0.4) is 0 Å². The largest absolute Gasteiger partial charge is 0.477 e. The number of nitrogens with one attached hydrogen (secondary N) is 1. The second kappa shape index (κ2) is 8.27. The third-order valence-corrected chi connectivity index (χ3v) is 5.47. The molecule has 0 spiro atoms. The molecular weight excluding hydrogens is 431 g/mol. The Balaban J connectivity index is 1.79. The summed E-state index contributed by atoms with van der Waals surface area (Å²) < 4.78 is 49.2. The highest BCUT2D eigenvalue weighted by Crippen LogP contribution is 2.37. The van der Waals surface area contributed by atoms with Crippen molar-refractivity contribution >= 4 is 22.5 Å². The highest BCUT2D eigenvalue weighted by atomic mass is 19.4. The van der Waals surface area contributed by atoms with Gasteiger partial charge in [0.25, 0.3) is 0 Å². The highest BCUT2D eigenvalue weighted by Gasteiger charge is 2.36. The first kappa shape index (κ1) is 21.1. The second-order valence-electron chi connectivity index (χ2n) is 8.01. The SMILES string of the molecule is O=c1cc(Nc2ccccc2)n(-c2ccccc2)c2nc(OCC3CC3)cc(C(F)(F)F)c12. The zero-order valence-corrected chi connectivity index (χ0v) is 17.5. The molecule has 0 amide bonds. The number of benzene rings is 2. The zero-order chi connectivity index (χ0) is 23.0. The van der Waals surface area contributed by atoms with Crippen LogP contribution in [0.1, 0.15) is 18.4 Å². The van der Waals surface area contributed by atoms with Crippen LogP contribution in [-0.2, 0) is 6.18 Å². The van der Waals surface area contributed by atoms with Gasteiger partial charge in [-0.2, -0.15) is 18.2 Å². The van der Waals surface area contributed by atoms with Gasteiger partial charge in [0.1, 0.15) is 5.82 Å². The minimum atomic E-state index is -4.75. The van der Waals surface area contributed by atoms with E-state index in [1.165, 1.54) is 10.6 Å². The first-order valence-electron chi connectivity index (χ1n) is 10.6. The Morgan fingerprint density at radius 3 is 2.30 bits per heavy atom. The van der Waals surface area contributed by atoms with Crippen molar-refractivity contribution in [2.24, 2.45) is 5.92 Å². The van der Waals surface area contributed by atoms with Gasteiger partial charge in [0.05, 0.1) is 17.6 Å². The van der Waals surface area contributed by atoms with Crippen LogP contribution < -0.4 is 15.5 Å². The number of aromatic nitrogens is 2. The lowest BCUT2D eigenvalue weighted by atomic mass is 10.1. The van der Waals surface area contributed by atoms with Crippen molar-refractivity contribution in [3.05, 3.63) is 88.6 Å². The summed E-state index contributed by atoms with van der Waals surface area (Å²) in [7, 11) is 0. The van der Waals surface area contributed by atoms with E-state index in [1.54, 1.807) is 42.5 Å². The lowest BCUT2D eigenvalue weighted by Crippen LogP contribution is -2.19. The fraction of sp³-hybridized carbons (Fsp3) is 0.200. The quantitative estimate of drug-likeness (QED) is 0.394. The van der Waals surface area contributed by atoms with Crippen LogP contribution in [0.4, 0.5) is 24.7 Å². The molecule has 1 N–H and O–H groups in total. The van der Waals surface area contributed by atoms with Gasteiger partial charge in [-0.15, -0.1) is 0 Å².